The van der Waals surface area contributed by atoms with Gasteiger partial charge in [0.15, 0.2) is 0 Å². The summed E-state index contributed by atoms with van der Waals surface area (Å²) in [7, 11) is 0. The number of hydrogen-bond acceptors (Lipinski definition) is 3. The Morgan fingerprint density at radius 3 is 2.93 bits per heavy atom. The van der Waals surface area contributed by atoms with Crippen LogP contribution in [0.2, 0.25) is 0 Å². The van der Waals surface area contributed by atoms with E-state index in [0.29, 0.717) is 11.9 Å². The molecule has 0 aliphatic heterocycles. The normalized spacial score (nSPS) is 13.0. The van der Waals surface area contributed by atoms with E-state index >= 15 is 0 Å². The van der Waals surface area contributed by atoms with Gasteiger partial charge in [0, 0.05) is 18.5 Å². The number of nitrogens with one attached hydrogen (secondary N) is 1. The van der Waals surface area contributed by atoms with Crippen LogP contribution in [0.15, 0.2) is 6.33 Å². The molecule has 0 amide bonds. The van der Waals surface area contributed by atoms with E-state index in [2.05, 4.69) is 29.2 Å². The minimum atomic E-state index is 0.360. The molecule has 0 spiro atoms. The molecule has 0 fully saturated rings. The molecule has 1 aromatic heterocycles. The van der Waals surface area contributed by atoms with Crippen LogP contribution in [0.3, 0.4) is 0 Å². The number of nitrogens with zero attached hydrogens (tertiary/aromatic N) is 3. The van der Waals surface area contributed by atoms with E-state index in [1.807, 2.05) is 4.68 Å². The van der Waals surface area contributed by atoms with Crippen molar-refractivity contribution in [2.75, 3.05) is 5.88 Å². The molecule has 0 aliphatic rings. The molecule has 0 saturated carbocycles. The van der Waals surface area contributed by atoms with Crippen LogP contribution < -0.4 is 5.32 Å². The fourth-order valence-corrected chi connectivity index (χ4v) is 1.69. The van der Waals surface area contributed by atoms with Crippen LogP contribution in [-0.4, -0.2) is 26.7 Å². The summed E-state index contributed by atoms with van der Waals surface area (Å²) >= 11 is 5.80. The molecule has 0 bridgehead atoms. The van der Waals surface area contributed by atoms with E-state index < -0.39 is 0 Å². The summed E-state index contributed by atoms with van der Waals surface area (Å²) in [5.74, 6) is 1.62. The second-order valence-corrected chi connectivity index (χ2v) is 3.85. The molecule has 5 heteroatoms. The largest absolute Gasteiger partial charge is 0.306 e. The SMILES string of the molecule is CCCn1ncnc1CNC(CC)CCl. The molecule has 0 aliphatic carbocycles. The van der Waals surface area contributed by atoms with Gasteiger partial charge in [0.2, 0.25) is 0 Å². The lowest BCUT2D eigenvalue weighted by atomic mass is 10.2. The van der Waals surface area contributed by atoms with Crippen LogP contribution in [0, 0.1) is 0 Å². The molecular formula is C10H19ClN4. The zero-order valence-corrected chi connectivity index (χ0v) is 10.2. The molecule has 86 valence electrons. The van der Waals surface area contributed by atoms with E-state index in [4.69, 9.17) is 11.6 Å². The van der Waals surface area contributed by atoms with E-state index in [-0.39, 0.29) is 0 Å². The van der Waals surface area contributed by atoms with Crippen molar-refractivity contribution >= 4 is 11.6 Å². The standard InChI is InChI=1S/C10H19ClN4/c1-3-5-15-10(13-8-14-15)7-12-9(4-2)6-11/h8-9,12H,3-7H2,1-2H3. The first-order valence-electron chi connectivity index (χ1n) is 5.47. The predicted octanol–water partition coefficient (Wildman–Crippen LogP) is 1.80. The zero-order valence-electron chi connectivity index (χ0n) is 9.41. The highest BCUT2D eigenvalue weighted by molar-refractivity contribution is 6.18. The number of aryl methyl sites for hydroxylation is 1. The fraction of sp³-hybridized carbons (Fsp3) is 0.800. The van der Waals surface area contributed by atoms with Crippen LogP contribution >= 0.6 is 11.6 Å². The Hall–Kier alpha value is -0.610. The minimum Gasteiger partial charge on any atom is -0.306 e. The number of rotatable bonds is 7. The van der Waals surface area contributed by atoms with Gasteiger partial charge in [-0.2, -0.15) is 5.10 Å². The van der Waals surface area contributed by atoms with E-state index in [0.717, 1.165) is 31.8 Å². The van der Waals surface area contributed by atoms with Gasteiger partial charge in [-0.3, -0.25) is 0 Å². The second-order valence-electron chi connectivity index (χ2n) is 3.54. The summed E-state index contributed by atoms with van der Waals surface area (Å²) in [4.78, 5) is 4.22. The van der Waals surface area contributed by atoms with Crippen molar-refractivity contribution in [2.24, 2.45) is 0 Å². The molecule has 1 atom stereocenters. The molecule has 1 unspecified atom stereocenters. The number of halogens is 1. The van der Waals surface area contributed by atoms with Gasteiger partial charge >= 0.3 is 0 Å². The summed E-state index contributed by atoms with van der Waals surface area (Å²) in [6.45, 7) is 5.92. The molecule has 1 aromatic rings. The summed E-state index contributed by atoms with van der Waals surface area (Å²) < 4.78 is 1.94. The maximum atomic E-state index is 5.80. The van der Waals surface area contributed by atoms with Crippen molar-refractivity contribution in [3.05, 3.63) is 12.2 Å². The summed E-state index contributed by atoms with van der Waals surface area (Å²) in [6, 6.07) is 0.360. The van der Waals surface area contributed by atoms with Crippen molar-refractivity contribution in [3.63, 3.8) is 0 Å². The van der Waals surface area contributed by atoms with Gasteiger partial charge in [-0.1, -0.05) is 13.8 Å². The van der Waals surface area contributed by atoms with Crippen LogP contribution in [0.1, 0.15) is 32.5 Å². The maximum Gasteiger partial charge on any atom is 0.140 e. The van der Waals surface area contributed by atoms with Gasteiger partial charge in [-0.25, -0.2) is 9.67 Å². The molecule has 0 aromatic carbocycles. The lowest BCUT2D eigenvalue weighted by molar-refractivity contribution is 0.493. The molecule has 0 saturated heterocycles. The van der Waals surface area contributed by atoms with Crippen molar-refractivity contribution in [1.82, 2.24) is 20.1 Å². The van der Waals surface area contributed by atoms with Crippen molar-refractivity contribution in [3.8, 4) is 0 Å². The summed E-state index contributed by atoms with van der Waals surface area (Å²) in [6.07, 6.45) is 3.71. The molecule has 15 heavy (non-hydrogen) atoms. The minimum absolute atomic E-state index is 0.360. The third-order valence-electron chi connectivity index (χ3n) is 2.36. The lowest BCUT2D eigenvalue weighted by Crippen LogP contribution is -2.30. The first-order chi connectivity index (χ1) is 7.31. The smallest absolute Gasteiger partial charge is 0.140 e. The highest BCUT2D eigenvalue weighted by Crippen LogP contribution is 1.99. The Morgan fingerprint density at radius 1 is 1.53 bits per heavy atom. The van der Waals surface area contributed by atoms with Gasteiger partial charge in [0.25, 0.3) is 0 Å². The highest BCUT2D eigenvalue weighted by atomic mass is 35.5. The van der Waals surface area contributed by atoms with Gasteiger partial charge in [0.1, 0.15) is 12.2 Å². The quantitative estimate of drug-likeness (QED) is 0.727. The van der Waals surface area contributed by atoms with E-state index in [1.165, 1.54) is 0 Å². The fourth-order valence-electron chi connectivity index (χ4n) is 1.37. The predicted molar refractivity (Wildman–Crippen MR) is 62.0 cm³/mol. The van der Waals surface area contributed by atoms with E-state index in [9.17, 15) is 0 Å². The summed E-state index contributed by atoms with van der Waals surface area (Å²) in [5, 5.41) is 7.53. The third kappa shape index (κ3) is 3.80. The van der Waals surface area contributed by atoms with Crippen LogP contribution in [-0.2, 0) is 13.1 Å². The molecule has 1 rings (SSSR count). The van der Waals surface area contributed by atoms with Crippen LogP contribution in [0.25, 0.3) is 0 Å². The summed E-state index contributed by atoms with van der Waals surface area (Å²) in [5.41, 5.74) is 0. The molecule has 1 N–H and O–H groups in total. The van der Waals surface area contributed by atoms with Crippen LogP contribution in [0.4, 0.5) is 0 Å². The topological polar surface area (TPSA) is 42.7 Å². The van der Waals surface area contributed by atoms with Crippen molar-refractivity contribution in [2.45, 2.75) is 45.8 Å². The molecule has 4 nitrogen and oxygen atoms in total. The van der Waals surface area contributed by atoms with E-state index in [1.54, 1.807) is 6.33 Å². The first-order valence-corrected chi connectivity index (χ1v) is 6.01. The second kappa shape index (κ2) is 6.80. The average molecular weight is 231 g/mol. The lowest BCUT2D eigenvalue weighted by Gasteiger charge is -2.13. The van der Waals surface area contributed by atoms with Gasteiger partial charge in [-0.05, 0) is 12.8 Å². The maximum absolute atomic E-state index is 5.80. The Labute approximate surface area is 96.0 Å². The monoisotopic (exact) mass is 230 g/mol. The van der Waals surface area contributed by atoms with Crippen LogP contribution in [0.5, 0.6) is 0 Å². The molecular weight excluding hydrogens is 212 g/mol. The Bertz CT molecular complexity index is 270. The van der Waals surface area contributed by atoms with Gasteiger partial charge in [0.05, 0.1) is 6.54 Å². The van der Waals surface area contributed by atoms with Crippen molar-refractivity contribution < 1.29 is 0 Å². The third-order valence-corrected chi connectivity index (χ3v) is 2.73. The highest BCUT2D eigenvalue weighted by Gasteiger charge is 2.07. The van der Waals surface area contributed by atoms with Crippen molar-refractivity contribution in [1.29, 1.82) is 0 Å². The number of hydrogen-bond donors (Lipinski definition) is 1. The Morgan fingerprint density at radius 2 is 2.33 bits per heavy atom. The number of aromatic nitrogens is 3. The Balaban J connectivity index is 2.45. The molecule has 0 radical (unpaired) electrons. The molecule has 1 heterocycles. The average Bonchev–Trinajstić information content (AvgIpc) is 2.68. The van der Waals surface area contributed by atoms with Gasteiger partial charge in [-0.15, -0.1) is 11.6 Å². The number of alkyl halides is 1. The van der Waals surface area contributed by atoms with Gasteiger partial charge < -0.3 is 5.32 Å². The Kier molecular flexibility index (Phi) is 5.65. The first kappa shape index (κ1) is 12.5. The zero-order chi connectivity index (χ0) is 11.1.